The topological polar surface area (TPSA) is 81.9 Å². The Kier molecular flexibility index (Phi) is 5.52. The summed E-state index contributed by atoms with van der Waals surface area (Å²) in [4.78, 5) is 16.4. The average molecular weight is 369 g/mol. The molecule has 0 bridgehead atoms. The number of carbonyl (C=O) groups excluding carboxylic acids is 1. The largest absolute Gasteiger partial charge is 0.495 e. The second kappa shape index (κ2) is 8.01. The lowest BCUT2D eigenvalue weighted by molar-refractivity contribution is -0.113. The molecule has 1 N–H and O–H groups in total. The summed E-state index contributed by atoms with van der Waals surface area (Å²) >= 11 is 1.32. The van der Waals surface area contributed by atoms with Crippen molar-refractivity contribution in [1.82, 2.24) is 19.7 Å². The van der Waals surface area contributed by atoms with E-state index in [0.29, 0.717) is 22.3 Å². The molecule has 0 fully saturated rings. The van der Waals surface area contributed by atoms with Crippen molar-refractivity contribution in [2.75, 3.05) is 18.2 Å². The zero-order valence-electron chi connectivity index (χ0n) is 14.8. The van der Waals surface area contributed by atoms with Crippen LogP contribution in [-0.4, -0.2) is 38.5 Å². The molecule has 1 aromatic carbocycles. The Labute approximate surface area is 155 Å². The van der Waals surface area contributed by atoms with Gasteiger partial charge in [0.15, 0.2) is 5.82 Å². The van der Waals surface area contributed by atoms with E-state index in [2.05, 4.69) is 20.5 Å². The maximum Gasteiger partial charge on any atom is 0.234 e. The summed E-state index contributed by atoms with van der Waals surface area (Å²) < 4.78 is 7.07. The Bertz CT molecular complexity index is 908. The minimum Gasteiger partial charge on any atom is -0.495 e. The van der Waals surface area contributed by atoms with Crippen LogP contribution in [0.15, 0.2) is 47.9 Å². The lowest BCUT2D eigenvalue weighted by atomic mass is 10.2. The van der Waals surface area contributed by atoms with E-state index in [0.717, 1.165) is 11.3 Å². The number of imidazole rings is 1. The molecular formula is C18H19N5O2S. The molecule has 0 aliphatic heterocycles. The van der Waals surface area contributed by atoms with E-state index in [4.69, 9.17) is 4.74 Å². The Balaban J connectivity index is 1.59. The van der Waals surface area contributed by atoms with Gasteiger partial charge >= 0.3 is 0 Å². The SMILES string of the molecule is COc1ccc(C)cc1NC(=O)CSc1ccc(-n2cnc(C)c2)nn1. The minimum atomic E-state index is -0.130. The number of aryl methyl sites for hydroxylation is 2. The predicted molar refractivity (Wildman–Crippen MR) is 101 cm³/mol. The number of amides is 1. The van der Waals surface area contributed by atoms with Crippen LogP contribution in [0, 0.1) is 13.8 Å². The van der Waals surface area contributed by atoms with Gasteiger partial charge in [0.25, 0.3) is 0 Å². The van der Waals surface area contributed by atoms with Crippen LogP contribution in [0.3, 0.4) is 0 Å². The summed E-state index contributed by atoms with van der Waals surface area (Å²) in [6.45, 7) is 3.87. The highest BCUT2D eigenvalue weighted by atomic mass is 32.2. The van der Waals surface area contributed by atoms with Gasteiger partial charge in [0.2, 0.25) is 5.91 Å². The quantitative estimate of drug-likeness (QED) is 0.673. The lowest BCUT2D eigenvalue weighted by Gasteiger charge is -2.10. The van der Waals surface area contributed by atoms with E-state index >= 15 is 0 Å². The Morgan fingerprint density at radius 3 is 2.73 bits per heavy atom. The number of nitrogens with one attached hydrogen (secondary N) is 1. The fraction of sp³-hybridized carbons (Fsp3) is 0.222. The van der Waals surface area contributed by atoms with Gasteiger partial charge in [0, 0.05) is 6.20 Å². The van der Waals surface area contributed by atoms with Crippen LogP contribution >= 0.6 is 11.8 Å². The van der Waals surface area contributed by atoms with Crippen molar-refractivity contribution >= 4 is 23.4 Å². The van der Waals surface area contributed by atoms with Crippen LogP contribution < -0.4 is 10.1 Å². The fourth-order valence-corrected chi connectivity index (χ4v) is 2.93. The second-order valence-electron chi connectivity index (χ2n) is 5.69. The van der Waals surface area contributed by atoms with E-state index in [1.54, 1.807) is 18.0 Å². The molecule has 0 aliphatic rings. The smallest absolute Gasteiger partial charge is 0.234 e. The van der Waals surface area contributed by atoms with Gasteiger partial charge in [-0.15, -0.1) is 10.2 Å². The van der Waals surface area contributed by atoms with Gasteiger partial charge < -0.3 is 10.1 Å². The molecule has 1 amide bonds. The second-order valence-corrected chi connectivity index (χ2v) is 6.69. The van der Waals surface area contributed by atoms with E-state index in [-0.39, 0.29) is 11.7 Å². The van der Waals surface area contributed by atoms with Crippen molar-refractivity contribution in [3.05, 3.63) is 54.1 Å². The summed E-state index contributed by atoms with van der Waals surface area (Å²) in [5.41, 5.74) is 2.62. The third-order valence-electron chi connectivity index (χ3n) is 3.58. The summed E-state index contributed by atoms with van der Waals surface area (Å²) in [6, 6.07) is 9.33. The first-order valence-electron chi connectivity index (χ1n) is 7.97. The molecular weight excluding hydrogens is 350 g/mol. The molecule has 0 saturated carbocycles. The van der Waals surface area contributed by atoms with Crippen LogP contribution in [0.2, 0.25) is 0 Å². The molecule has 0 atom stereocenters. The number of nitrogens with zero attached hydrogens (tertiary/aromatic N) is 4. The number of rotatable bonds is 6. The third-order valence-corrected chi connectivity index (χ3v) is 4.50. The molecule has 3 aromatic rings. The van der Waals surface area contributed by atoms with Crippen molar-refractivity contribution < 1.29 is 9.53 Å². The number of hydrogen-bond donors (Lipinski definition) is 1. The monoisotopic (exact) mass is 369 g/mol. The molecule has 8 heteroatoms. The number of methoxy groups -OCH3 is 1. The fourth-order valence-electron chi connectivity index (χ4n) is 2.32. The van der Waals surface area contributed by atoms with Gasteiger partial charge in [-0.3, -0.25) is 9.36 Å². The van der Waals surface area contributed by atoms with Crippen LogP contribution in [0.5, 0.6) is 5.75 Å². The van der Waals surface area contributed by atoms with Crippen molar-refractivity contribution in [2.24, 2.45) is 0 Å². The van der Waals surface area contributed by atoms with E-state index in [9.17, 15) is 4.79 Å². The van der Waals surface area contributed by atoms with E-state index in [1.807, 2.05) is 50.4 Å². The number of benzene rings is 1. The van der Waals surface area contributed by atoms with Crippen LogP contribution in [-0.2, 0) is 4.79 Å². The van der Waals surface area contributed by atoms with Gasteiger partial charge in [0.05, 0.1) is 24.2 Å². The molecule has 0 spiro atoms. The van der Waals surface area contributed by atoms with Crippen molar-refractivity contribution in [2.45, 2.75) is 18.9 Å². The Hall–Kier alpha value is -2.87. The van der Waals surface area contributed by atoms with E-state index < -0.39 is 0 Å². The van der Waals surface area contributed by atoms with Crippen LogP contribution in [0.4, 0.5) is 5.69 Å². The average Bonchev–Trinajstić information content (AvgIpc) is 3.07. The van der Waals surface area contributed by atoms with Gasteiger partial charge in [-0.05, 0) is 43.7 Å². The first-order valence-corrected chi connectivity index (χ1v) is 8.95. The Morgan fingerprint density at radius 2 is 2.08 bits per heavy atom. The highest BCUT2D eigenvalue weighted by Crippen LogP contribution is 2.25. The number of anilines is 1. The third kappa shape index (κ3) is 4.40. The molecule has 26 heavy (non-hydrogen) atoms. The van der Waals surface area contributed by atoms with E-state index in [1.165, 1.54) is 11.8 Å². The van der Waals surface area contributed by atoms with Gasteiger partial charge in [-0.2, -0.15) is 0 Å². The molecule has 0 unspecified atom stereocenters. The first-order chi connectivity index (χ1) is 12.5. The first kappa shape index (κ1) is 17.9. The highest BCUT2D eigenvalue weighted by Gasteiger charge is 2.09. The van der Waals surface area contributed by atoms with Crippen molar-refractivity contribution in [1.29, 1.82) is 0 Å². The number of carbonyl (C=O) groups is 1. The number of thioether (sulfide) groups is 1. The molecule has 0 aliphatic carbocycles. The molecule has 0 radical (unpaired) electrons. The summed E-state index contributed by atoms with van der Waals surface area (Å²) in [7, 11) is 1.58. The summed E-state index contributed by atoms with van der Waals surface area (Å²) in [6.07, 6.45) is 3.56. The highest BCUT2D eigenvalue weighted by molar-refractivity contribution is 7.99. The number of ether oxygens (including phenoxy) is 1. The van der Waals surface area contributed by atoms with Crippen molar-refractivity contribution in [3.8, 4) is 11.6 Å². The normalized spacial score (nSPS) is 10.6. The van der Waals surface area contributed by atoms with Crippen LogP contribution in [0.1, 0.15) is 11.3 Å². The molecule has 2 heterocycles. The summed E-state index contributed by atoms with van der Waals surface area (Å²) in [5, 5.41) is 11.9. The maximum absolute atomic E-state index is 12.2. The number of aromatic nitrogens is 4. The van der Waals surface area contributed by atoms with Gasteiger partial charge in [-0.1, -0.05) is 17.8 Å². The zero-order chi connectivity index (χ0) is 18.5. The molecule has 7 nitrogen and oxygen atoms in total. The van der Waals surface area contributed by atoms with Crippen molar-refractivity contribution in [3.63, 3.8) is 0 Å². The van der Waals surface area contributed by atoms with Gasteiger partial charge in [-0.25, -0.2) is 4.98 Å². The standard InChI is InChI=1S/C18H19N5O2S/c1-12-4-5-15(25-3)14(8-12)20-17(24)10-26-18-7-6-16(21-22-18)23-9-13(2)19-11-23/h4-9,11H,10H2,1-3H3,(H,20,24). The predicted octanol–water partition coefficient (Wildman–Crippen LogP) is 3.02. The van der Waals surface area contributed by atoms with Crippen LogP contribution in [0.25, 0.3) is 5.82 Å². The van der Waals surface area contributed by atoms with Gasteiger partial charge in [0.1, 0.15) is 17.1 Å². The maximum atomic E-state index is 12.2. The summed E-state index contributed by atoms with van der Waals surface area (Å²) in [5.74, 6) is 1.42. The Morgan fingerprint density at radius 1 is 1.23 bits per heavy atom. The molecule has 134 valence electrons. The zero-order valence-corrected chi connectivity index (χ0v) is 15.6. The molecule has 0 saturated heterocycles. The lowest BCUT2D eigenvalue weighted by Crippen LogP contribution is -2.15. The minimum absolute atomic E-state index is 0.130. The number of hydrogen-bond acceptors (Lipinski definition) is 6. The molecule has 2 aromatic heterocycles. The molecule has 3 rings (SSSR count).